The van der Waals surface area contributed by atoms with Crippen LogP contribution in [0.5, 0.6) is 0 Å². The molecule has 24 heavy (non-hydrogen) atoms. The molecule has 1 amide bonds. The monoisotopic (exact) mass is 347 g/mol. The van der Waals surface area contributed by atoms with E-state index < -0.39 is 0 Å². The van der Waals surface area contributed by atoms with Crippen molar-refractivity contribution in [2.24, 2.45) is 0 Å². The fourth-order valence-corrected chi connectivity index (χ4v) is 2.69. The molecular formula is C18H22ClN3O2. The molecular weight excluding hydrogens is 326 g/mol. The number of nitrogens with one attached hydrogen (secondary N) is 1. The summed E-state index contributed by atoms with van der Waals surface area (Å²) in [5.74, 6) is 1.54. The lowest BCUT2D eigenvalue weighted by Crippen LogP contribution is -2.24. The van der Waals surface area contributed by atoms with Crippen molar-refractivity contribution in [1.82, 2.24) is 10.1 Å². The average Bonchev–Trinajstić information content (AvgIpc) is 3.29. The molecule has 1 heterocycles. The number of halogens is 1. The lowest BCUT2D eigenvalue weighted by molar-refractivity contribution is -0.116. The zero-order chi connectivity index (χ0) is 17.1. The molecule has 1 aliphatic rings. The van der Waals surface area contributed by atoms with E-state index in [1.165, 1.54) is 12.8 Å². The number of rotatable bonds is 7. The summed E-state index contributed by atoms with van der Waals surface area (Å²) in [5.41, 5.74) is 2.64. The fraction of sp³-hybridized carbons (Fsp3) is 0.444. The second kappa shape index (κ2) is 7.36. The number of hydrogen-bond donors (Lipinski definition) is 1. The molecule has 1 fully saturated rings. The molecule has 0 unspecified atom stereocenters. The van der Waals surface area contributed by atoms with Gasteiger partial charge in [0.25, 0.3) is 0 Å². The molecule has 0 atom stereocenters. The van der Waals surface area contributed by atoms with Gasteiger partial charge in [0, 0.05) is 42.2 Å². The quantitative estimate of drug-likeness (QED) is 0.823. The summed E-state index contributed by atoms with van der Waals surface area (Å²) < 4.78 is 5.35. The van der Waals surface area contributed by atoms with Gasteiger partial charge in [0.1, 0.15) is 5.76 Å². The van der Waals surface area contributed by atoms with Gasteiger partial charge in [-0.2, -0.15) is 0 Å². The van der Waals surface area contributed by atoms with Crippen molar-refractivity contribution < 1.29 is 9.32 Å². The van der Waals surface area contributed by atoms with Gasteiger partial charge in [-0.05, 0) is 44.5 Å². The highest BCUT2D eigenvalue weighted by atomic mass is 35.5. The summed E-state index contributed by atoms with van der Waals surface area (Å²) in [6.07, 6.45) is 2.82. The molecule has 1 aromatic carbocycles. The zero-order valence-corrected chi connectivity index (χ0v) is 14.8. The number of carbonyl (C=O) groups excluding carboxylic acids is 1. The van der Waals surface area contributed by atoms with Crippen LogP contribution in [0.15, 0.2) is 28.8 Å². The van der Waals surface area contributed by atoms with Crippen LogP contribution in [-0.4, -0.2) is 29.6 Å². The van der Waals surface area contributed by atoms with E-state index in [4.69, 9.17) is 16.1 Å². The Labute approximate surface area is 147 Å². The van der Waals surface area contributed by atoms with Crippen LogP contribution in [0.3, 0.4) is 0 Å². The van der Waals surface area contributed by atoms with E-state index in [9.17, 15) is 4.79 Å². The van der Waals surface area contributed by atoms with Crippen LogP contribution in [-0.2, 0) is 11.3 Å². The first-order valence-electron chi connectivity index (χ1n) is 8.21. The van der Waals surface area contributed by atoms with Crippen molar-refractivity contribution in [1.29, 1.82) is 0 Å². The Morgan fingerprint density at radius 3 is 2.92 bits per heavy atom. The Balaban J connectivity index is 1.43. The van der Waals surface area contributed by atoms with Gasteiger partial charge in [0.2, 0.25) is 5.91 Å². The van der Waals surface area contributed by atoms with Gasteiger partial charge in [-0.15, -0.1) is 0 Å². The summed E-state index contributed by atoms with van der Waals surface area (Å²) in [5, 5.41) is 7.63. The lowest BCUT2D eigenvalue weighted by Gasteiger charge is -2.14. The number of anilines is 1. The van der Waals surface area contributed by atoms with Gasteiger partial charge < -0.3 is 9.84 Å². The minimum atomic E-state index is -0.0272. The Morgan fingerprint density at radius 1 is 1.42 bits per heavy atom. The summed E-state index contributed by atoms with van der Waals surface area (Å²) in [6.45, 7) is 3.26. The van der Waals surface area contributed by atoms with Crippen molar-refractivity contribution in [3.05, 3.63) is 46.3 Å². The van der Waals surface area contributed by atoms with E-state index >= 15 is 0 Å². The Morgan fingerprint density at radius 2 is 2.21 bits per heavy atom. The molecule has 0 aliphatic heterocycles. The number of amides is 1. The number of carbonyl (C=O) groups is 1. The average molecular weight is 348 g/mol. The zero-order valence-electron chi connectivity index (χ0n) is 14.0. The first-order valence-corrected chi connectivity index (χ1v) is 8.59. The van der Waals surface area contributed by atoms with E-state index in [2.05, 4.69) is 15.4 Å². The Hall–Kier alpha value is -1.85. The molecule has 1 N–H and O–H groups in total. The normalized spacial score (nSPS) is 14.2. The molecule has 0 spiro atoms. The van der Waals surface area contributed by atoms with Gasteiger partial charge in [-0.1, -0.05) is 22.8 Å². The van der Waals surface area contributed by atoms with Crippen molar-refractivity contribution in [2.45, 2.75) is 38.6 Å². The van der Waals surface area contributed by atoms with Gasteiger partial charge in [0.15, 0.2) is 0 Å². The summed E-state index contributed by atoms with van der Waals surface area (Å²) in [7, 11) is 1.97. The summed E-state index contributed by atoms with van der Waals surface area (Å²) in [4.78, 5) is 14.1. The van der Waals surface area contributed by atoms with Crippen LogP contribution in [0.25, 0.3) is 0 Å². The van der Waals surface area contributed by atoms with Gasteiger partial charge in [0.05, 0.1) is 5.69 Å². The second-order valence-electron chi connectivity index (χ2n) is 6.49. The largest absolute Gasteiger partial charge is 0.361 e. The molecule has 0 saturated heterocycles. The predicted molar refractivity (Wildman–Crippen MR) is 94.2 cm³/mol. The maximum atomic E-state index is 12.1. The maximum absolute atomic E-state index is 12.1. The van der Waals surface area contributed by atoms with Gasteiger partial charge in [-0.25, -0.2) is 0 Å². The molecule has 128 valence electrons. The molecule has 0 radical (unpaired) electrons. The Bertz CT molecular complexity index is 725. The lowest BCUT2D eigenvalue weighted by atomic mass is 10.2. The molecule has 1 saturated carbocycles. The van der Waals surface area contributed by atoms with Crippen molar-refractivity contribution in [2.75, 3.05) is 18.9 Å². The standard InChI is InChI=1S/C18H22ClN3O2/c1-12-3-6-14(9-16(12)19)20-18(23)7-8-22(2)11-15-10-17(24-21-15)13-4-5-13/h3,6,9-10,13H,4-5,7-8,11H2,1-2H3,(H,20,23). The highest BCUT2D eigenvalue weighted by molar-refractivity contribution is 6.31. The smallest absolute Gasteiger partial charge is 0.225 e. The van der Waals surface area contributed by atoms with E-state index in [-0.39, 0.29) is 5.91 Å². The van der Waals surface area contributed by atoms with Crippen LogP contribution in [0.1, 0.15) is 42.2 Å². The molecule has 1 aromatic heterocycles. The van der Waals surface area contributed by atoms with E-state index in [1.54, 1.807) is 6.07 Å². The molecule has 5 nitrogen and oxygen atoms in total. The van der Waals surface area contributed by atoms with Crippen LogP contribution in [0, 0.1) is 6.92 Å². The third-order valence-electron chi connectivity index (χ3n) is 4.16. The van der Waals surface area contributed by atoms with Gasteiger partial charge >= 0.3 is 0 Å². The number of hydrogen-bond acceptors (Lipinski definition) is 4. The van der Waals surface area contributed by atoms with E-state index in [0.717, 1.165) is 22.7 Å². The minimum absolute atomic E-state index is 0.0272. The van der Waals surface area contributed by atoms with E-state index in [1.807, 2.05) is 32.2 Å². The predicted octanol–water partition coefficient (Wildman–Crippen LogP) is 3.97. The topological polar surface area (TPSA) is 58.4 Å². The van der Waals surface area contributed by atoms with Crippen LogP contribution in [0.2, 0.25) is 5.02 Å². The highest BCUT2D eigenvalue weighted by Crippen LogP contribution is 2.40. The SMILES string of the molecule is Cc1ccc(NC(=O)CCN(C)Cc2cc(C3CC3)on2)cc1Cl. The van der Waals surface area contributed by atoms with Crippen LogP contribution < -0.4 is 5.32 Å². The third-order valence-corrected chi connectivity index (χ3v) is 4.57. The molecule has 3 rings (SSSR count). The van der Waals surface area contributed by atoms with Crippen molar-refractivity contribution >= 4 is 23.2 Å². The maximum Gasteiger partial charge on any atom is 0.225 e. The molecule has 0 bridgehead atoms. The summed E-state index contributed by atoms with van der Waals surface area (Å²) in [6, 6.07) is 7.56. The third kappa shape index (κ3) is 4.58. The Kier molecular flexibility index (Phi) is 5.21. The fourth-order valence-electron chi connectivity index (χ4n) is 2.51. The van der Waals surface area contributed by atoms with Crippen LogP contribution in [0.4, 0.5) is 5.69 Å². The number of benzene rings is 1. The first-order chi connectivity index (χ1) is 11.5. The highest BCUT2D eigenvalue weighted by Gasteiger charge is 2.27. The summed E-state index contributed by atoms with van der Waals surface area (Å²) >= 11 is 6.07. The van der Waals surface area contributed by atoms with Gasteiger partial charge in [-0.3, -0.25) is 9.69 Å². The van der Waals surface area contributed by atoms with Crippen molar-refractivity contribution in [3.8, 4) is 0 Å². The van der Waals surface area contributed by atoms with Crippen LogP contribution >= 0.6 is 11.6 Å². The number of aryl methyl sites for hydroxylation is 1. The second-order valence-corrected chi connectivity index (χ2v) is 6.90. The first kappa shape index (κ1) is 17.0. The molecule has 2 aromatic rings. The van der Waals surface area contributed by atoms with E-state index in [0.29, 0.717) is 30.5 Å². The minimum Gasteiger partial charge on any atom is -0.361 e. The number of aromatic nitrogens is 1. The number of nitrogens with zero attached hydrogens (tertiary/aromatic N) is 2. The van der Waals surface area contributed by atoms with Crippen molar-refractivity contribution in [3.63, 3.8) is 0 Å². The molecule has 1 aliphatic carbocycles. The molecule has 6 heteroatoms.